The number of carbonyl (C=O) groups excluding carboxylic acids is 2. The van der Waals surface area contributed by atoms with E-state index in [2.05, 4.69) is 19.1 Å². The largest absolute Gasteiger partial charge is 1.00 e. The van der Waals surface area contributed by atoms with Crippen molar-refractivity contribution in [1.29, 1.82) is 0 Å². The van der Waals surface area contributed by atoms with E-state index in [1.807, 2.05) is 13.0 Å². The number of hydrogen-bond acceptors (Lipinski definition) is 6. The molecule has 0 fully saturated rings. The number of esters is 1. The standard InChI is InChI=1S/C24H38O6.Na/c1-5-15(3)24(29)30-21-11-14(2)10-17-7-6-16(4)20(23(17)21)9-8-18(25)12-19(26)13-22(27)28;/h6-7,10,14-16,18-21,23,25-26H,5,8-9,11-13H2,1-4H3,(H,27,28);/q;+1/p-1/t14-,15?,16-,18+,19+,20-,21-,23-;/m1./s1/i3D3;. The molecule has 0 aliphatic heterocycles. The number of rotatable bonds is 10. The van der Waals surface area contributed by atoms with Crippen molar-refractivity contribution < 1.29 is 63.3 Å². The van der Waals surface area contributed by atoms with Gasteiger partial charge in [0, 0.05) is 22.4 Å². The Hall–Kier alpha value is -0.660. The minimum atomic E-state index is -2.42. The summed E-state index contributed by atoms with van der Waals surface area (Å²) in [6.07, 6.45) is 4.96. The van der Waals surface area contributed by atoms with Crippen molar-refractivity contribution in [3.05, 3.63) is 23.8 Å². The van der Waals surface area contributed by atoms with Crippen molar-refractivity contribution in [3.63, 3.8) is 0 Å². The maximum Gasteiger partial charge on any atom is 1.00 e. The molecule has 8 atom stereocenters. The van der Waals surface area contributed by atoms with Gasteiger partial charge in [-0.15, -0.1) is 0 Å². The summed E-state index contributed by atoms with van der Waals surface area (Å²) in [7, 11) is 0. The van der Waals surface area contributed by atoms with E-state index >= 15 is 0 Å². The third-order valence-electron chi connectivity index (χ3n) is 6.34. The summed E-state index contributed by atoms with van der Waals surface area (Å²) in [5.41, 5.74) is 1.06. The second-order valence-corrected chi connectivity index (χ2v) is 8.92. The fourth-order valence-electron chi connectivity index (χ4n) is 4.71. The molecular formula is C24H37NaO6. The molecule has 2 aliphatic rings. The molecule has 0 saturated carbocycles. The van der Waals surface area contributed by atoms with Crippen LogP contribution in [0.2, 0.25) is 0 Å². The minimum absolute atomic E-state index is 0. The van der Waals surface area contributed by atoms with Crippen LogP contribution in [0.25, 0.3) is 0 Å². The van der Waals surface area contributed by atoms with Gasteiger partial charge in [-0.2, -0.15) is 0 Å². The molecule has 2 N–H and O–H groups in total. The summed E-state index contributed by atoms with van der Waals surface area (Å²) in [5.74, 6) is -2.96. The number of carbonyl (C=O) groups is 2. The molecule has 31 heavy (non-hydrogen) atoms. The Morgan fingerprint density at radius 2 is 2.03 bits per heavy atom. The smallest absolute Gasteiger partial charge is 0.550 e. The summed E-state index contributed by atoms with van der Waals surface area (Å²) in [5, 5.41) is 30.7. The van der Waals surface area contributed by atoms with Gasteiger partial charge in [0.2, 0.25) is 0 Å². The fraction of sp³-hybridized carbons (Fsp3) is 0.750. The third kappa shape index (κ3) is 8.32. The van der Waals surface area contributed by atoms with Crippen LogP contribution in [-0.2, 0) is 14.3 Å². The molecule has 0 amide bonds. The van der Waals surface area contributed by atoms with Crippen LogP contribution in [0.3, 0.4) is 0 Å². The van der Waals surface area contributed by atoms with Gasteiger partial charge in [-0.3, -0.25) is 4.79 Å². The summed E-state index contributed by atoms with van der Waals surface area (Å²) in [6.45, 7) is 3.34. The molecule has 0 spiro atoms. The summed E-state index contributed by atoms with van der Waals surface area (Å²) in [4.78, 5) is 23.4. The van der Waals surface area contributed by atoms with Crippen LogP contribution >= 0.6 is 0 Å². The van der Waals surface area contributed by atoms with E-state index in [9.17, 15) is 24.9 Å². The number of aliphatic hydroxyl groups is 2. The van der Waals surface area contributed by atoms with E-state index < -0.39 is 49.4 Å². The van der Waals surface area contributed by atoms with Gasteiger partial charge in [-0.05, 0) is 55.4 Å². The van der Waals surface area contributed by atoms with Crippen molar-refractivity contribution >= 4 is 11.9 Å². The number of aliphatic carboxylic acids is 1. The molecule has 1 unspecified atom stereocenters. The molecule has 0 aromatic carbocycles. The average Bonchev–Trinajstić information content (AvgIpc) is 2.65. The van der Waals surface area contributed by atoms with Crippen LogP contribution in [-0.4, -0.2) is 40.5 Å². The zero-order chi connectivity index (χ0) is 24.9. The zero-order valence-electron chi connectivity index (χ0n) is 22.1. The van der Waals surface area contributed by atoms with E-state index in [1.165, 1.54) is 0 Å². The monoisotopic (exact) mass is 447 g/mol. The van der Waals surface area contributed by atoms with Gasteiger partial charge in [0.15, 0.2) is 0 Å². The Morgan fingerprint density at radius 1 is 1.32 bits per heavy atom. The number of aliphatic hydroxyl groups excluding tert-OH is 2. The first kappa shape index (κ1) is 23.5. The number of hydrogen-bond donors (Lipinski definition) is 2. The van der Waals surface area contributed by atoms with Crippen LogP contribution in [0.15, 0.2) is 23.8 Å². The minimum Gasteiger partial charge on any atom is -0.550 e. The summed E-state index contributed by atoms with van der Waals surface area (Å²) in [6, 6.07) is 0. The van der Waals surface area contributed by atoms with Gasteiger partial charge in [-0.25, -0.2) is 0 Å². The third-order valence-corrected chi connectivity index (χ3v) is 6.34. The molecule has 2 rings (SSSR count). The van der Waals surface area contributed by atoms with Gasteiger partial charge in [0.25, 0.3) is 0 Å². The first-order valence-corrected chi connectivity index (χ1v) is 11.0. The van der Waals surface area contributed by atoms with Crippen molar-refractivity contribution in [2.24, 2.45) is 29.6 Å². The van der Waals surface area contributed by atoms with E-state index in [0.29, 0.717) is 19.3 Å². The van der Waals surface area contributed by atoms with Crippen molar-refractivity contribution in [1.82, 2.24) is 0 Å². The van der Waals surface area contributed by atoms with Crippen LogP contribution in [0, 0.1) is 29.6 Å². The van der Waals surface area contributed by atoms with Crippen molar-refractivity contribution in [2.45, 2.75) is 84.5 Å². The zero-order valence-corrected chi connectivity index (χ0v) is 21.1. The molecule has 0 radical (unpaired) electrons. The Labute approximate surface area is 212 Å². The molecule has 7 heteroatoms. The topological polar surface area (TPSA) is 107 Å². The summed E-state index contributed by atoms with van der Waals surface area (Å²) >= 11 is 0. The van der Waals surface area contributed by atoms with E-state index in [-0.39, 0.29) is 66.1 Å². The number of allylic oxidation sites excluding steroid dienone is 3. The Kier molecular flexibility index (Phi) is 9.96. The number of fused-ring (bicyclic) bond motifs is 1. The molecule has 0 aromatic rings. The normalized spacial score (nSPS) is 32.1. The maximum absolute atomic E-state index is 12.8. The Morgan fingerprint density at radius 3 is 2.65 bits per heavy atom. The first-order chi connectivity index (χ1) is 15.3. The fourth-order valence-corrected chi connectivity index (χ4v) is 4.71. The number of carboxylic acids is 1. The molecule has 2 aliphatic carbocycles. The van der Waals surface area contributed by atoms with Gasteiger partial charge in [0.1, 0.15) is 6.10 Å². The number of carboxylic acid groups (broad SMARTS) is 1. The van der Waals surface area contributed by atoms with Crippen LogP contribution in [0.4, 0.5) is 0 Å². The van der Waals surface area contributed by atoms with Gasteiger partial charge >= 0.3 is 35.5 Å². The molecule has 6 nitrogen and oxygen atoms in total. The Balaban J connectivity index is 0.00000578. The second-order valence-electron chi connectivity index (χ2n) is 8.92. The van der Waals surface area contributed by atoms with Crippen LogP contribution < -0.4 is 34.7 Å². The van der Waals surface area contributed by atoms with Gasteiger partial charge < -0.3 is 24.9 Å². The van der Waals surface area contributed by atoms with Gasteiger partial charge in [0.05, 0.1) is 18.1 Å². The quantitative estimate of drug-likeness (QED) is 0.342. The molecule has 0 bridgehead atoms. The van der Waals surface area contributed by atoms with E-state index in [0.717, 1.165) is 5.57 Å². The summed E-state index contributed by atoms with van der Waals surface area (Å²) < 4.78 is 28.8. The maximum atomic E-state index is 12.8. The molecule has 170 valence electrons. The van der Waals surface area contributed by atoms with E-state index in [1.54, 1.807) is 6.92 Å². The average molecular weight is 448 g/mol. The predicted octanol–water partition coefficient (Wildman–Crippen LogP) is -0.615. The Bertz CT molecular complexity index is 753. The van der Waals surface area contributed by atoms with Gasteiger partial charge in [-0.1, -0.05) is 45.9 Å². The molecular weight excluding hydrogens is 407 g/mol. The molecule has 0 aromatic heterocycles. The SMILES string of the molecule is [2H]C([2H])([2H])C(CC)C(=O)O[C@@H]1C[C@H](C)C=C2C=C[C@@H](C)[C@@H](CC[C@H](O)C[C@H](O)CC(=O)[O-])[C@@H]21.[Na+]. The van der Waals surface area contributed by atoms with Crippen LogP contribution in [0.1, 0.15) is 70.3 Å². The van der Waals surface area contributed by atoms with Crippen molar-refractivity contribution in [3.8, 4) is 0 Å². The predicted molar refractivity (Wildman–Crippen MR) is 112 cm³/mol. The number of ether oxygens (including phenoxy) is 1. The van der Waals surface area contributed by atoms with Crippen LogP contribution in [0.5, 0.6) is 0 Å². The molecule has 0 saturated heterocycles. The molecule has 0 heterocycles. The second kappa shape index (κ2) is 13.1. The van der Waals surface area contributed by atoms with E-state index in [4.69, 9.17) is 8.85 Å². The van der Waals surface area contributed by atoms with Crippen molar-refractivity contribution in [2.75, 3.05) is 0 Å². The first-order valence-electron chi connectivity index (χ1n) is 12.5.